The smallest absolute Gasteiger partial charge is 0.269 e. The minimum absolute atomic E-state index is 0.0140. The summed E-state index contributed by atoms with van der Waals surface area (Å²) in [5.41, 5.74) is 6.29. The molecular weight excluding hydrogens is 298 g/mol. The van der Waals surface area contributed by atoms with Crippen LogP contribution in [-0.4, -0.2) is 42.3 Å². The van der Waals surface area contributed by atoms with Gasteiger partial charge in [-0.05, 0) is 24.5 Å². The third-order valence-corrected chi connectivity index (χ3v) is 5.23. The average molecular weight is 313 g/mol. The van der Waals surface area contributed by atoms with Gasteiger partial charge in [-0.1, -0.05) is 12.2 Å². The Balaban J connectivity index is 1.90. The highest BCUT2D eigenvalue weighted by Gasteiger charge is 2.28. The second kappa shape index (κ2) is 5.84. The number of pyridine rings is 1. The summed E-state index contributed by atoms with van der Waals surface area (Å²) < 4.78 is 22.6. The first-order chi connectivity index (χ1) is 9.37. The first-order valence-electron chi connectivity index (χ1n) is 6.12. The minimum atomic E-state index is -2.92. The molecule has 2 heterocycles. The SMILES string of the molecule is NC(=S)c1ccc(C(=O)NCC2CCS(=O)(=O)C2)nc1. The van der Waals surface area contributed by atoms with Gasteiger partial charge in [-0.2, -0.15) is 0 Å². The van der Waals surface area contributed by atoms with Crippen molar-refractivity contribution >= 4 is 33.0 Å². The van der Waals surface area contributed by atoms with Crippen LogP contribution in [0.25, 0.3) is 0 Å². The number of thiocarbonyl (C=S) groups is 1. The van der Waals surface area contributed by atoms with Gasteiger partial charge in [0.05, 0.1) is 11.5 Å². The number of amides is 1. The van der Waals surface area contributed by atoms with Crippen molar-refractivity contribution in [3.8, 4) is 0 Å². The van der Waals surface area contributed by atoms with E-state index in [4.69, 9.17) is 18.0 Å². The lowest BCUT2D eigenvalue weighted by atomic mass is 10.1. The summed E-state index contributed by atoms with van der Waals surface area (Å²) in [5, 5.41) is 2.70. The highest BCUT2D eigenvalue weighted by molar-refractivity contribution is 7.91. The molecule has 0 aromatic carbocycles. The van der Waals surface area contributed by atoms with Gasteiger partial charge in [0.25, 0.3) is 5.91 Å². The molecule has 1 aliphatic heterocycles. The predicted octanol–water partition coefficient (Wildman–Crippen LogP) is -0.120. The first-order valence-corrected chi connectivity index (χ1v) is 8.35. The molecular formula is C12H15N3O3S2. The van der Waals surface area contributed by atoms with Crippen LogP contribution in [0.5, 0.6) is 0 Å². The Bertz CT molecular complexity index is 626. The zero-order valence-electron chi connectivity index (χ0n) is 10.7. The molecule has 108 valence electrons. The normalized spacial score (nSPS) is 20.5. The predicted molar refractivity (Wildman–Crippen MR) is 79.2 cm³/mol. The van der Waals surface area contributed by atoms with Crippen molar-refractivity contribution < 1.29 is 13.2 Å². The van der Waals surface area contributed by atoms with Gasteiger partial charge >= 0.3 is 0 Å². The number of aromatic nitrogens is 1. The van der Waals surface area contributed by atoms with Gasteiger partial charge < -0.3 is 11.1 Å². The molecule has 0 aliphatic carbocycles. The molecule has 2 rings (SSSR count). The van der Waals surface area contributed by atoms with Crippen molar-refractivity contribution in [3.63, 3.8) is 0 Å². The van der Waals surface area contributed by atoms with Crippen LogP contribution in [0.4, 0.5) is 0 Å². The molecule has 0 bridgehead atoms. The summed E-state index contributed by atoms with van der Waals surface area (Å²) in [6, 6.07) is 3.17. The van der Waals surface area contributed by atoms with Crippen LogP contribution >= 0.6 is 12.2 Å². The van der Waals surface area contributed by atoms with E-state index in [1.165, 1.54) is 12.3 Å². The van der Waals surface area contributed by atoms with Gasteiger partial charge in [0, 0.05) is 18.3 Å². The lowest BCUT2D eigenvalue weighted by Crippen LogP contribution is -2.30. The Morgan fingerprint density at radius 3 is 2.75 bits per heavy atom. The van der Waals surface area contributed by atoms with E-state index in [0.717, 1.165) is 0 Å². The molecule has 1 aromatic heterocycles. The summed E-state index contributed by atoms with van der Waals surface area (Å²) in [4.78, 5) is 16.1. The number of carbonyl (C=O) groups excluding carboxylic acids is 1. The third kappa shape index (κ3) is 3.73. The maximum absolute atomic E-state index is 11.9. The Labute approximate surface area is 122 Å². The fourth-order valence-electron chi connectivity index (χ4n) is 2.03. The topological polar surface area (TPSA) is 102 Å². The quantitative estimate of drug-likeness (QED) is 0.751. The lowest BCUT2D eigenvalue weighted by Gasteiger charge is -2.09. The molecule has 0 spiro atoms. The molecule has 0 radical (unpaired) electrons. The maximum atomic E-state index is 11.9. The van der Waals surface area contributed by atoms with E-state index in [1.54, 1.807) is 6.07 Å². The molecule has 6 nitrogen and oxygen atoms in total. The van der Waals surface area contributed by atoms with Crippen LogP contribution in [0.3, 0.4) is 0 Å². The molecule has 20 heavy (non-hydrogen) atoms. The van der Waals surface area contributed by atoms with E-state index in [-0.39, 0.29) is 34.0 Å². The minimum Gasteiger partial charge on any atom is -0.389 e. The van der Waals surface area contributed by atoms with Crippen LogP contribution in [0.2, 0.25) is 0 Å². The van der Waals surface area contributed by atoms with Crippen molar-refractivity contribution in [2.45, 2.75) is 6.42 Å². The number of nitrogens with one attached hydrogen (secondary N) is 1. The summed E-state index contributed by atoms with van der Waals surface area (Å²) in [7, 11) is -2.92. The maximum Gasteiger partial charge on any atom is 0.269 e. The molecule has 1 saturated heterocycles. The van der Waals surface area contributed by atoms with Crippen molar-refractivity contribution in [2.75, 3.05) is 18.1 Å². The van der Waals surface area contributed by atoms with Crippen molar-refractivity contribution in [3.05, 3.63) is 29.6 Å². The molecule has 8 heteroatoms. The van der Waals surface area contributed by atoms with Crippen molar-refractivity contribution in [2.24, 2.45) is 11.7 Å². The molecule has 1 amide bonds. The van der Waals surface area contributed by atoms with E-state index >= 15 is 0 Å². The number of hydrogen-bond donors (Lipinski definition) is 2. The van der Waals surface area contributed by atoms with Gasteiger partial charge in [0.2, 0.25) is 0 Å². The van der Waals surface area contributed by atoms with Crippen LogP contribution < -0.4 is 11.1 Å². The van der Waals surface area contributed by atoms with Crippen LogP contribution in [0.15, 0.2) is 18.3 Å². The van der Waals surface area contributed by atoms with E-state index in [1.807, 2.05) is 0 Å². The van der Waals surface area contributed by atoms with E-state index in [0.29, 0.717) is 18.5 Å². The zero-order valence-corrected chi connectivity index (χ0v) is 12.3. The number of rotatable bonds is 4. The number of hydrogen-bond acceptors (Lipinski definition) is 5. The molecule has 1 aliphatic rings. The second-order valence-electron chi connectivity index (χ2n) is 4.78. The van der Waals surface area contributed by atoms with Crippen LogP contribution in [0.1, 0.15) is 22.5 Å². The Kier molecular flexibility index (Phi) is 4.34. The third-order valence-electron chi connectivity index (χ3n) is 3.16. The van der Waals surface area contributed by atoms with E-state index in [2.05, 4.69) is 10.3 Å². The van der Waals surface area contributed by atoms with Crippen molar-refractivity contribution in [1.82, 2.24) is 10.3 Å². The number of nitrogens with zero attached hydrogens (tertiary/aromatic N) is 1. The number of carbonyl (C=O) groups is 1. The molecule has 1 fully saturated rings. The van der Waals surface area contributed by atoms with E-state index in [9.17, 15) is 13.2 Å². The van der Waals surface area contributed by atoms with Crippen LogP contribution in [0, 0.1) is 5.92 Å². The van der Waals surface area contributed by atoms with Gasteiger partial charge in [-0.15, -0.1) is 0 Å². The molecule has 1 aromatic rings. The molecule has 1 unspecified atom stereocenters. The van der Waals surface area contributed by atoms with Gasteiger partial charge in [0.1, 0.15) is 10.7 Å². The second-order valence-corrected chi connectivity index (χ2v) is 7.44. The highest BCUT2D eigenvalue weighted by atomic mass is 32.2. The van der Waals surface area contributed by atoms with Crippen LogP contribution in [-0.2, 0) is 9.84 Å². The standard InChI is InChI=1S/C12H15N3O3S2/c13-11(19)9-1-2-10(14-6-9)12(16)15-5-8-3-4-20(17,18)7-8/h1-2,6,8H,3-5,7H2,(H2,13,19)(H,15,16). The monoisotopic (exact) mass is 313 g/mol. The number of sulfone groups is 1. The Hall–Kier alpha value is -1.54. The summed E-state index contributed by atoms with van der Waals surface area (Å²) >= 11 is 4.80. The summed E-state index contributed by atoms with van der Waals surface area (Å²) in [6.07, 6.45) is 2.04. The lowest BCUT2D eigenvalue weighted by molar-refractivity contribution is 0.0943. The molecule has 0 saturated carbocycles. The average Bonchev–Trinajstić information content (AvgIpc) is 2.75. The number of nitrogens with two attached hydrogens (primary N) is 1. The van der Waals surface area contributed by atoms with Gasteiger partial charge in [-0.3, -0.25) is 9.78 Å². The molecule has 1 atom stereocenters. The fraction of sp³-hybridized carbons (Fsp3) is 0.417. The molecule has 3 N–H and O–H groups in total. The highest BCUT2D eigenvalue weighted by Crippen LogP contribution is 2.17. The largest absolute Gasteiger partial charge is 0.389 e. The first kappa shape index (κ1) is 14.9. The van der Waals surface area contributed by atoms with E-state index < -0.39 is 9.84 Å². The summed E-state index contributed by atoms with van der Waals surface area (Å²) in [5.74, 6) is -0.00108. The van der Waals surface area contributed by atoms with Gasteiger partial charge in [-0.25, -0.2) is 8.42 Å². The van der Waals surface area contributed by atoms with Gasteiger partial charge in [0.15, 0.2) is 9.84 Å². The Morgan fingerprint density at radius 1 is 1.50 bits per heavy atom. The fourth-order valence-corrected chi connectivity index (χ4v) is 4.02. The van der Waals surface area contributed by atoms with Crippen molar-refractivity contribution in [1.29, 1.82) is 0 Å². The zero-order chi connectivity index (χ0) is 14.8. The summed E-state index contributed by atoms with van der Waals surface area (Å²) in [6.45, 7) is 0.344. The Morgan fingerprint density at radius 2 is 2.25 bits per heavy atom.